The Morgan fingerprint density at radius 2 is 2.22 bits per heavy atom. The summed E-state index contributed by atoms with van der Waals surface area (Å²) in [5.74, 6) is -0.230. The molecule has 3 nitrogen and oxygen atoms in total. The van der Waals surface area contributed by atoms with Crippen molar-refractivity contribution in [1.29, 1.82) is 0 Å². The third-order valence-corrected chi connectivity index (χ3v) is 3.43. The Morgan fingerprint density at radius 1 is 1.50 bits per heavy atom. The Hall–Kier alpha value is -1.46. The van der Waals surface area contributed by atoms with Gasteiger partial charge in [0.05, 0.1) is 18.3 Å². The zero-order chi connectivity index (χ0) is 13.3. The molecule has 0 saturated heterocycles. The molecule has 2 rings (SSSR count). The Morgan fingerprint density at radius 3 is 2.83 bits per heavy atom. The minimum absolute atomic E-state index is 0.105. The van der Waals surface area contributed by atoms with Gasteiger partial charge in [0.1, 0.15) is 5.82 Å². The molecule has 5 heteroatoms. The van der Waals surface area contributed by atoms with Crippen LogP contribution in [0.5, 0.6) is 0 Å². The molecular formula is C13H15FN2OS. The fourth-order valence-electron chi connectivity index (χ4n) is 1.98. The molecule has 1 aromatic carbocycles. The first-order valence-corrected chi connectivity index (χ1v) is 6.11. The van der Waals surface area contributed by atoms with Crippen molar-refractivity contribution in [3.63, 3.8) is 0 Å². The van der Waals surface area contributed by atoms with Crippen molar-refractivity contribution in [2.45, 2.75) is 26.5 Å². The summed E-state index contributed by atoms with van der Waals surface area (Å²) in [5, 5.41) is 9.27. The predicted molar refractivity (Wildman–Crippen MR) is 70.5 cm³/mol. The summed E-state index contributed by atoms with van der Waals surface area (Å²) in [6, 6.07) is 5.01. The van der Waals surface area contributed by atoms with E-state index in [0.717, 1.165) is 5.56 Å². The fourth-order valence-corrected chi connectivity index (χ4v) is 2.31. The summed E-state index contributed by atoms with van der Waals surface area (Å²) in [6.45, 7) is 3.55. The van der Waals surface area contributed by atoms with E-state index in [1.54, 1.807) is 23.8 Å². The number of aryl methyl sites for hydroxylation is 1. The quantitative estimate of drug-likeness (QED) is 0.838. The highest BCUT2D eigenvalue weighted by Crippen LogP contribution is 2.22. The standard InChI is InChI=1S/C13H15FN2OS/c1-8-3-4-10(5-12(8)14)9(2)16-11(7-17)6-15-13(16)18/h3-6,9,17H,7H2,1-2H3,(H,15,18). The number of imidazole rings is 1. The second-order valence-electron chi connectivity index (χ2n) is 4.30. The molecule has 0 aliphatic carbocycles. The summed E-state index contributed by atoms with van der Waals surface area (Å²) in [4.78, 5) is 2.89. The minimum Gasteiger partial charge on any atom is -0.390 e. The number of benzene rings is 1. The second kappa shape index (κ2) is 5.04. The van der Waals surface area contributed by atoms with Gasteiger partial charge in [-0.15, -0.1) is 0 Å². The van der Waals surface area contributed by atoms with Crippen LogP contribution in [-0.2, 0) is 6.61 Å². The number of aliphatic hydroxyl groups is 1. The first kappa shape index (κ1) is 13.0. The molecule has 0 amide bonds. The lowest BCUT2D eigenvalue weighted by molar-refractivity contribution is 0.269. The largest absolute Gasteiger partial charge is 0.390 e. The van der Waals surface area contributed by atoms with Gasteiger partial charge in [0.15, 0.2) is 4.77 Å². The van der Waals surface area contributed by atoms with E-state index in [9.17, 15) is 9.50 Å². The van der Waals surface area contributed by atoms with Crippen molar-refractivity contribution >= 4 is 12.2 Å². The molecule has 1 atom stereocenters. The smallest absolute Gasteiger partial charge is 0.177 e. The van der Waals surface area contributed by atoms with E-state index in [1.807, 2.05) is 13.0 Å². The third kappa shape index (κ3) is 2.23. The molecule has 18 heavy (non-hydrogen) atoms. The van der Waals surface area contributed by atoms with Crippen LogP contribution in [0.1, 0.15) is 29.8 Å². The van der Waals surface area contributed by atoms with Gasteiger partial charge in [-0.25, -0.2) is 4.39 Å². The number of hydrogen-bond acceptors (Lipinski definition) is 2. The summed E-state index contributed by atoms with van der Waals surface area (Å²) in [5.41, 5.74) is 2.13. The summed E-state index contributed by atoms with van der Waals surface area (Å²) in [6.07, 6.45) is 1.67. The van der Waals surface area contributed by atoms with Crippen molar-refractivity contribution in [3.8, 4) is 0 Å². The van der Waals surface area contributed by atoms with Crippen LogP contribution < -0.4 is 0 Å². The number of aromatic nitrogens is 2. The normalized spacial score (nSPS) is 12.7. The van der Waals surface area contributed by atoms with Crippen molar-refractivity contribution < 1.29 is 9.50 Å². The maximum atomic E-state index is 13.6. The Balaban J connectivity index is 2.47. The fraction of sp³-hybridized carbons (Fsp3) is 0.308. The second-order valence-corrected chi connectivity index (χ2v) is 4.68. The topological polar surface area (TPSA) is 41.0 Å². The number of nitrogens with one attached hydrogen (secondary N) is 1. The summed E-state index contributed by atoms with van der Waals surface area (Å²) >= 11 is 5.18. The van der Waals surface area contributed by atoms with Gasteiger partial charge in [-0.05, 0) is 43.3 Å². The van der Waals surface area contributed by atoms with Crippen LogP contribution in [0.4, 0.5) is 4.39 Å². The van der Waals surface area contributed by atoms with E-state index in [2.05, 4.69) is 4.98 Å². The molecule has 0 spiro atoms. The van der Waals surface area contributed by atoms with E-state index >= 15 is 0 Å². The number of halogens is 1. The average molecular weight is 266 g/mol. The SMILES string of the molecule is Cc1ccc(C(C)n2c(CO)c[nH]c2=S)cc1F. The maximum absolute atomic E-state index is 13.6. The van der Waals surface area contributed by atoms with Gasteiger partial charge in [-0.1, -0.05) is 12.1 Å². The molecule has 2 aromatic rings. The van der Waals surface area contributed by atoms with Gasteiger partial charge in [-0.3, -0.25) is 0 Å². The number of nitrogens with zero attached hydrogens (tertiary/aromatic N) is 1. The van der Waals surface area contributed by atoms with E-state index in [0.29, 0.717) is 16.0 Å². The van der Waals surface area contributed by atoms with Gasteiger partial charge in [-0.2, -0.15) is 0 Å². The average Bonchev–Trinajstić information content (AvgIpc) is 2.73. The number of hydrogen-bond donors (Lipinski definition) is 2. The highest BCUT2D eigenvalue weighted by molar-refractivity contribution is 7.71. The number of aliphatic hydroxyl groups excluding tert-OH is 1. The lowest BCUT2D eigenvalue weighted by Crippen LogP contribution is -2.11. The molecule has 0 bridgehead atoms. The minimum atomic E-state index is -0.230. The number of aromatic amines is 1. The molecule has 0 saturated carbocycles. The first-order valence-electron chi connectivity index (χ1n) is 5.70. The van der Waals surface area contributed by atoms with Crippen LogP contribution in [0.15, 0.2) is 24.4 Å². The van der Waals surface area contributed by atoms with Crippen molar-refractivity contribution in [3.05, 3.63) is 51.8 Å². The van der Waals surface area contributed by atoms with Crippen LogP contribution >= 0.6 is 12.2 Å². The summed E-state index contributed by atoms with van der Waals surface area (Å²) < 4.78 is 15.9. The van der Waals surface area contributed by atoms with Gasteiger partial charge in [0.25, 0.3) is 0 Å². The Bertz CT molecular complexity index is 618. The molecule has 0 fully saturated rings. The highest BCUT2D eigenvalue weighted by atomic mass is 32.1. The molecule has 0 aliphatic rings. The maximum Gasteiger partial charge on any atom is 0.177 e. The van der Waals surface area contributed by atoms with Crippen LogP contribution in [0.25, 0.3) is 0 Å². The van der Waals surface area contributed by atoms with Crippen molar-refractivity contribution in [2.75, 3.05) is 0 Å². The van der Waals surface area contributed by atoms with Gasteiger partial charge >= 0.3 is 0 Å². The molecule has 96 valence electrons. The van der Waals surface area contributed by atoms with Gasteiger partial charge in [0, 0.05) is 6.20 Å². The van der Waals surface area contributed by atoms with Crippen LogP contribution in [0.3, 0.4) is 0 Å². The van der Waals surface area contributed by atoms with Crippen LogP contribution in [0.2, 0.25) is 0 Å². The molecular weight excluding hydrogens is 251 g/mol. The highest BCUT2D eigenvalue weighted by Gasteiger charge is 2.14. The molecule has 0 radical (unpaired) electrons. The van der Waals surface area contributed by atoms with Gasteiger partial charge in [0.2, 0.25) is 0 Å². The molecule has 1 aromatic heterocycles. The van der Waals surface area contributed by atoms with Gasteiger partial charge < -0.3 is 14.7 Å². The van der Waals surface area contributed by atoms with E-state index < -0.39 is 0 Å². The zero-order valence-corrected chi connectivity index (χ0v) is 11.1. The van der Waals surface area contributed by atoms with Crippen LogP contribution in [-0.4, -0.2) is 14.7 Å². The molecule has 1 heterocycles. The third-order valence-electron chi connectivity index (χ3n) is 3.12. The van der Waals surface area contributed by atoms with E-state index in [1.165, 1.54) is 6.07 Å². The first-order chi connectivity index (χ1) is 8.54. The number of rotatable bonds is 3. The number of H-pyrrole nitrogens is 1. The predicted octanol–water partition coefficient (Wildman–Crippen LogP) is 3.09. The van der Waals surface area contributed by atoms with E-state index in [-0.39, 0.29) is 18.5 Å². The Kier molecular flexibility index (Phi) is 3.63. The van der Waals surface area contributed by atoms with Crippen molar-refractivity contribution in [1.82, 2.24) is 9.55 Å². The molecule has 2 N–H and O–H groups in total. The zero-order valence-electron chi connectivity index (χ0n) is 10.3. The van der Waals surface area contributed by atoms with Crippen molar-refractivity contribution in [2.24, 2.45) is 0 Å². The molecule has 1 unspecified atom stereocenters. The molecule has 0 aliphatic heterocycles. The van der Waals surface area contributed by atoms with E-state index in [4.69, 9.17) is 12.2 Å². The van der Waals surface area contributed by atoms with Crippen LogP contribution in [0, 0.1) is 17.5 Å². The lowest BCUT2D eigenvalue weighted by atomic mass is 10.1. The lowest BCUT2D eigenvalue weighted by Gasteiger charge is -2.17. The summed E-state index contributed by atoms with van der Waals surface area (Å²) in [7, 11) is 0. The monoisotopic (exact) mass is 266 g/mol. The Labute approximate surface area is 110 Å².